The highest BCUT2D eigenvalue weighted by Gasteiger charge is 2.15. The molecule has 2 aliphatic rings. The molecule has 0 saturated carbocycles. The lowest BCUT2D eigenvalue weighted by Crippen LogP contribution is -2.15. The summed E-state index contributed by atoms with van der Waals surface area (Å²) in [6, 6.07) is 15.6. The minimum Gasteiger partial charge on any atom is -0.486 e. The highest BCUT2D eigenvalue weighted by atomic mass is 16.7. The number of benzene rings is 2. The first-order valence-corrected chi connectivity index (χ1v) is 8.38. The summed E-state index contributed by atoms with van der Waals surface area (Å²) in [6.45, 7) is 1.42. The molecule has 1 aromatic heterocycles. The van der Waals surface area contributed by atoms with Crippen LogP contribution in [0.25, 0.3) is 11.1 Å². The van der Waals surface area contributed by atoms with Crippen LogP contribution in [0, 0.1) is 0 Å². The van der Waals surface area contributed by atoms with Crippen LogP contribution in [0.15, 0.2) is 54.7 Å². The van der Waals surface area contributed by atoms with Gasteiger partial charge in [-0.25, -0.2) is 4.98 Å². The van der Waals surface area contributed by atoms with Gasteiger partial charge in [0.25, 0.3) is 0 Å². The van der Waals surface area contributed by atoms with Gasteiger partial charge in [-0.15, -0.1) is 0 Å². The van der Waals surface area contributed by atoms with E-state index in [9.17, 15) is 0 Å². The molecule has 0 fully saturated rings. The third kappa shape index (κ3) is 2.75. The Morgan fingerprint density at radius 1 is 0.692 bits per heavy atom. The lowest BCUT2D eigenvalue weighted by molar-refractivity contribution is 0.171. The van der Waals surface area contributed by atoms with Gasteiger partial charge in [0, 0.05) is 18.0 Å². The molecule has 3 heterocycles. The Labute approximate surface area is 150 Å². The van der Waals surface area contributed by atoms with Crippen molar-refractivity contribution in [2.24, 2.45) is 0 Å². The molecule has 0 atom stereocenters. The number of nitrogens with one attached hydrogen (secondary N) is 1. The second-order valence-corrected chi connectivity index (χ2v) is 5.98. The van der Waals surface area contributed by atoms with Crippen molar-refractivity contribution < 1.29 is 18.9 Å². The molecule has 130 valence electrons. The predicted octanol–water partition coefficient (Wildman–Crippen LogP) is 3.99. The molecule has 5 rings (SSSR count). The standard InChI is InChI=1S/C20H16N2O4/c1-3-17-18(26-12-25-17)9-13(1)14-5-6-21-20(10-14)22-15-2-4-16-19(11-15)24-8-7-23-16/h1-6,9-11H,7-8,12H2,(H,21,22). The van der Waals surface area contributed by atoms with Crippen LogP contribution in [0.1, 0.15) is 0 Å². The van der Waals surface area contributed by atoms with Crippen LogP contribution in [0.2, 0.25) is 0 Å². The van der Waals surface area contributed by atoms with E-state index in [1.165, 1.54) is 0 Å². The van der Waals surface area contributed by atoms with Crippen LogP contribution >= 0.6 is 0 Å². The lowest BCUT2D eigenvalue weighted by Gasteiger charge is -2.19. The Morgan fingerprint density at radius 3 is 2.38 bits per heavy atom. The minimum atomic E-state index is 0.270. The van der Waals surface area contributed by atoms with Crippen LogP contribution in [-0.4, -0.2) is 25.0 Å². The second-order valence-electron chi connectivity index (χ2n) is 5.98. The highest BCUT2D eigenvalue weighted by Crippen LogP contribution is 2.37. The summed E-state index contributed by atoms with van der Waals surface area (Å²) in [6.07, 6.45) is 1.78. The van der Waals surface area contributed by atoms with E-state index in [1.54, 1.807) is 6.20 Å². The SMILES string of the molecule is c1cc(-c2ccc3c(c2)OCO3)cc(Nc2ccc3c(c2)OCCO3)n1. The predicted molar refractivity (Wildman–Crippen MR) is 96.5 cm³/mol. The van der Waals surface area contributed by atoms with Gasteiger partial charge in [0.05, 0.1) is 0 Å². The third-order valence-corrected chi connectivity index (χ3v) is 4.28. The average molecular weight is 348 g/mol. The van der Waals surface area contributed by atoms with Gasteiger partial charge in [-0.1, -0.05) is 6.07 Å². The number of aromatic nitrogens is 1. The summed E-state index contributed by atoms with van der Waals surface area (Å²) in [5.41, 5.74) is 2.98. The summed E-state index contributed by atoms with van der Waals surface area (Å²) in [7, 11) is 0. The largest absolute Gasteiger partial charge is 0.486 e. The Bertz CT molecular complexity index is 974. The molecule has 0 saturated heterocycles. The topological polar surface area (TPSA) is 61.8 Å². The van der Waals surface area contributed by atoms with Gasteiger partial charge >= 0.3 is 0 Å². The number of pyridine rings is 1. The Hall–Kier alpha value is -3.41. The number of hydrogen-bond donors (Lipinski definition) is 1. The van der Waals surface area contributed by atoms with Crippen molar-refractivity contribution in [2.45, 2.75) is 0 Å². The summed E-state index contributed by atoms with van der Waals surface area (Å²) in [4.78, 5) is 4.41. The number of fused-ring (bicyclic) bond motifs is 2. The molecule has 0 aliphatic carbocycles. The molecule has 3 aromatic rings. The van der Waals surface area contributed by atoms with E-state index >= 15 is 0 Å². The first kappa shape index (κ1) is 14.9. The first-order valence-electron chi connectivity index (χ1n) is 8.38. The molecule has 0 amide bonds. The fourth-order valence-electron chi connectivity index (χ4n) is 3.02. The van der Waals surface area contributed by atoms with E-state index in [0.717, 1.165) is 45.6 Å². The van der Waals surface area contributed by atoms with E-state index in [4.69, 9.17) is 18.9 Å². The van der Waals surface area contributed by atoms with Gasteiger partial charge in [-0.3, -0.25) is 0 Å². The molecule has 0 radical (unpaired) electrons. The van der Waals surface area contributed by atoms with Crippen molar-refractivity contribution in [3.63, 3.8) is 0 Å². The Morgan fingerprint density at radius 2 is 1.42 bits per heavy atom. The quantitative estimate of drug-likeness (QED) is 0.772. The van der Waals surface area contributed by atoms with Crippen molar-refractivity contribution >= 4 is 11.5 Å². The van der Waals surface area contributed by atoms with E-state index in [0.29, 0.717) is 13.2 Å². The fourth-order valence-corrected chi connectivity index (χ4v) is 3.02. The van der Waals surface area contributed by atoms with E-state index in [2.05, 4.69) is 10.3 Å². The van der Waals surface area contributed by atoms with Crippen LogP contribution in [0.5, 0.6) is 23.0 Å². The van der Waals surface area contributed by atoms with Crippen molar-refractivity contribution in [1.82, 2.24) is 4.98 Å². The third-order valence-electron chi connectivity index (χ3n) is 4.28. The number of hydrogen-bond acceptors (Lipinski definition) is 6. The van der Waals surface area contributed by atoms with Gasteiger partial charge in [0.1, 0.15) is 19.0 Å². The van der Waals surface area contributed by atoms with Gasteiger partial charge in [0.15, 0.2) is 23.0 Å². The molecular weight excluding hydrogens is 332 g/mol. The van der Waals surface area contributed by atoms with Crippen LogP contribution in [0.4, 0.5) is 11.5 Å². The summed E-state index contributed by atoms with van der Waals surface area (Å²) >= 11 is 0. The van der Waals surface area contributed by atoms with Crippen LogP contribution < -0.4 is 24.3 Å². The van der Waals surface area contributed by atoms with Gasteiger partial charge in [-0.05, 0) is 47.5 Å². The van der Waals surface area contributed by atoms with Gasteiger partial charge in [-0.2, -0.15) is 0 Å². The number of nitrogens with zero attached hydrogens (tertiary/aromatic N) is 1. The number of rotatable bonds is 3. The van der Waals surface area contributed by atoms with Crippen LogP contribution in [0.3, 0.4) is 0 Å². The zero-order valence-electron chi connectivity index (χ0n) is 13.9. The smallest absolute Gasteiger partial charge is 0.231 e. The van der Waals surface area contributed by atoms with Crippen molar-refractivity contribution in [1.29, 1.82) is 0 Å². The van der Waals surface area contributed by atoms with E-state index in [1.807, 2.05) is 48.5 Å². The fraction of sp³-hybridized carbons (Fsp3) is 0.150. The Kier molecular flexibility index (Phi) is 3.52. The maximum Gasteiger partial charge on any atom is 0.231 e. The molecule has 0 bridgehead atoms. The molecule has 6 heteroatoms. The highest BCUT2D eigenvalue weighted by molar-refractivity contribution is 5.71. The molecule has 6 nitrogen and oxygen atoms in total. The monoisotopic (exact) mass is 348 g/mol. The van der Waals surface area contributed by atoms with Crippen LogP contribution in [-0.2, 0) is 0 Å². The lowest BCUT2D eigenvalue weighted by atomic mass is 10.1. The maximum atomic E-state index is 5.63. The number of anilines is 2. The van der Waals surface area contributed by atoms with Crippen molar-refractivity contribution in [3.05, 3.63) is 54.7 Å². The Balaban J connectivity index is 1.41. The summed E-state index contributed by atoms with van der Waals surface area (Å²) < 4.78 is 22.0. The first-order chi connectivity index (χ1) is 12.8. The van der Waals surface area contributed by atoms with Gasteiger partial charge in [0.2, 0.25) is 6.79 Å². The molecule has 26 heavy (non-hydrogen) atoms. The molecule has 1 N–H and O–H groups in total. The molecule has 0 unspecified atom stereocenters. The van der Waals surface area contributed by atoms with Crippen molar-refractivity contribution in [3.8, 4) is 34.1 Å². The van der Waals surface area contributed by atoms with Crippen molar-refractivity contribution in [2.75, 3.05) is 25.3 Å². The minimum absolute atomic E-state index is 0.270. The molecular formula is C20H16N2O4. The summed E-state index contributed by atoms with van der Waals surface area (Å²) in [5, 5.41) is 3.31. The number of ether oxygens (including phenoxy) is 4. The summed E-state index contributed by atoms with van der Waals surface area (Å²) in [5.74, 6) is 3.80. The average Bonchev–Trinajstić information content (AvgIpc) is 3.16. The zero-order chi connectivity index (χ0) is 17.3. The van der Waals surface area contributed by atoms with Gasteiger partial charge < -0.3 is 24.3 Å². The second kappa shape index (κ2) is 6.15. The van der Waals surface area contributed by atoms with E-state index < -0.39 is 0 Å². The van der Waals surface area contributed by atoms with E-state index in [-0.39, 0.29) is 6.79 Å². The molecule has 0 spiro atoms. The molecule has 2 aliphatic heterocycles. The molecule has 2 aromatic carbocycles. The maximum absolute atomic E-state index is 5.63. The zero-order valence-corrected chi connectivity index (χ0v) is 13.9. The normalized spacial score (nSPS) is 14.2.